The fourth-order valence-electron chi connectivity index (χ4n) is 7.73. The van der Waals surface area contributed by atoms with Crippen molar-refractivity contribution >= 4 is 16.7 Å². The molecule has 0 spiro atoms. The Bertz CT molecular complexity index is 846. The smallest absolute Gasteiger partial charge is 0.244 e. The molecule has 1 saturated heterocycles. The predicted octanol–water partition coefficient (Wildman–Crippen LogP) is 1.67. The highest BCUT2D eigenvalue weighted by Gasteiger charge is 2.74. The number of aliphatic hydroxyl groups excluding tert-OH is 2. The summed E-state index contributed by atoms with van der Waals surface area (Å²) in [4.78, 5) is 15.2. The van der Waals surface area contributed by atoms with E-state index < -0.39 is 33.3 Å². The van der Waals surface area contributed by atoms with Gasteiger partial charge < -0.3 is 15.1 Å². The van der Waals surface area contributed by atoms with Gasteiger partial charge >= 0.3 is 0 Å². The number of hydrogen-bond donors (Lipinski definition) is 2. The predicted molar refractivity (Wildman–Crippen MR) is 111 cm³/mol. The fraction of sp³-hybridized carbons (Fsp3) is 0.783. The number of amides is 1. The second-order valence-corrected chi connectivity index (χ2v) is 12.1. The minimum atomic E-state index is -1.48. The van der Waals surface area contributed by atoms with Gasteiger partial charge in [0, 0.05) is 46.8 Å². The van der Waals surface area contributed by atoms with Gasteiger partial charge in [-0.05, 0) is 42.9 Å². The topological polar surface area (TPSA) is 77.8 Å². The summed E-state index contributed by atoms with van der Waals surface area (Å²) >= 11 is 0. The average molecular weight is 418 g/mol. The average Bonchev–Trinajstić information content (AvgIpc) is 3.41. The lowest BCUT2D eigenvalue weighted by Gasteiger charge is -2.43. The molecule has 4 aliphatic carbocycles. The second-order valence-electron chi connectivity index (χ2n) is 10.4. The van der Waals surface area contributed by atoms with Crippen LogP contribution < -0.4 is 0 Å². The minimum Gasteiger partial charge on any atom is -0.392 e. The first kappa shape index (κ1) is 19.8. The number of aliphatic hydroxyl groups is 2. The summed E-state index contributed by atoms with van der Waals surface area (Å²) in [5.41, 5.74) is -0.504. The molecule has 4 bridgehead atoms. The quantitative estimate of drug-likeness (QED) is 0.527. The van der Waals surface area contributed by atoms with Gasteiger partial charge in [0.25, 0.3) is 0 Å². The van der Waals surface area contributed by atoms with Crippen LogP contribution in [0.3, 0.4) is 0 Å². The first-order valence-electron chi connectivity index (χ1n) is 10.9. The van der Waals surface area contributed by atoms with Gasteiger partial charge in [-0.2, -0.15) is 0 Å². The summed E-state index contributed by atoms with van der Waals surface area (Å²) in [7, 11) is -1.48. The first-order valence-corrected chi connectivity index (χ1v) is 12.2. The molecule has 1 aliphatic heterocycles. The van der Waals surface area contributed by atoms with Crippen LogP contribution in [0.25, 0.3) is 0 Å². The van der Waals surface area contributed by atoms with Crippen molar-refractivity contribution in [3.8, 4) is 12.3 Å². The van der Waals surface area contributed by atoms with E-state index in [-0.39, 0.29) is 29.1 Å². The number of nitrogens with zero attached hydrogens (tertiary/aromatic N) is 1. The Morgan fingerprint density at radius 3 is 2.69 bits per heavy atom. The van der Waals surface area contributed by atoms with Crippen molar-refractivity contribution in [1.29, 1.82) is 0 Å². The summed E-state index contributed by atoms with van der Waals surface area (Å²) in [6, 6.07) is 0. The normalized spacial score (nSPS) is 49.6. The molecule has 4 fully saturated rings. The molecule has 5 aliphatic rings. The zero-order valence-electron chi connectivity index (χ0n) is 17.2. The van der Waals surface area contributed by atoms with Gasteiger partial charge in [0.1, 0.15) is 11.0 Å². The molecule has 0 aromatic rings. The molecule has 5 rings (SSSR count). The van der Waals surface area contributed by atoms with E-state index in [1.165, 1.54) is 4.90 Å². The fourth-order valence-corrected chi connectivity index (χ4v) is 10.6. The van der Waals surface area contributed by atoms with E-state index in [2.05, 4.69) is 25.8 Å². The van der Waals surface area contributed by atoms with Crippen LogP contribution in [-0.2, 0) is 15.6 Å². The molecule has 0 aromatic heterocycles. The van der Waals surface area contributed by atoms with Crippen molar-refractivity contribution < 1.29 is 19.2 Å². The summed E-state index contributed by atoms with van der Waals surface area (Å²) in [6.07, 6.45) is 11.9. The van der Waals surface area contributed by atoms with E-state index in [9.17, 15) is 19.2 Å². The zero-order valence-corrected chi connectivity index (χ0v) is 18.0. The summed E-state index contributed by atoms with van der Waals surface area (Å²) in [6.45, 7) is 4.68. The highest BCUT2D eigenvalue weighted by Crippen LogP contribution is 2.67. The van der Waals surface area contributed by atoms with E-state index in [1.807, 2.05) is 6.08 Å². The maximum absolute atomic E-state index is 14.2. The van der Waals surface area contributed by atoms with Crippen LogP contribution in [0.4, 0.5) is 0 Å². The number of hydrogen-bond acceptors (Lipinski definition) is 4. The van der Waals surface area contributed by atoms with Crippen molar-refractivity contribution in [2.24, 2.45) is 34.5 Å². The van der Waals surface area contributed by atoms with Crippen molar-refractivity contribution in [2.75, 3.05) is 12.3 Å². The lowest BCUT2D eigenvalue weighted by Crippen LogP contribution is -2.55. The van der Waals surface area contributed by atoms with E-state index in [0.717, 1.165) is 25.7 Å². The number of fused-ring (bicyclic) bond motifs is 7. The highest BCUT2D eigenvalue weighted by molar-refractivity contribution is 7.87. The Labute approximate surface area is 175 Å². The van der Waals surface area contributed by atoms with Crippen LogP contribution in [0.2, 0.25) is 0 Å². The standard InChI is InChI=1S/C23H31NO4S/c1-4-5-10-24-19(26)18-14-6-7-16(11-14)23(18,20(24)27)29(28)13-22-9-8-15(12-17(22)25)21(22,2)3/h1,6-7,14-19,25-26H,5,8-13H2,2-3H3/t14-,15-,16+,17-,18+,19-,22-,23-,29-/m1/s1. The van der Waals surface area contributed by atoms with Gasteiger partial charge in [-0.1, -0.05) is 26.0 Å². The molecular formula is C23H31NO4S. The first-order chi connectivity index (χ1) is 13.7. The third kappa shape index (κ3) is 2.15. The SMILES string of the molecule is C#CCCN1C(=O)[C@]2([S@](=O)C[C@]34CC[C@H](C[C@H]3O)C4(C)C)[C@@H]([C@@H]3C=C[C@H]2C3)[C@H]1O. The molecule has 0 aromatic carbocycles. The van der Waals surface area contributed by atoms with Crippen LogP contribution in [0.1, 0.15) is 46.0 Å². The Balaban J connectivity index is 1.53. The summed E-state index contributed by atoms with van der Waals surface area (Å²) in [5, 5.41) is 22.0. The largest absolute Gasteiger partial charge is 0.392 e. The molecule has 29 heavy (non-hydrogen) atoms. The summed E-state index contributed by atoms with van der Waals surface area (Å²) < 4.78 is 13.1. The number of terminal acetylenes is 1. The number of carbonyl (C=O) groups is 1. The van der Waals surface area contributed by atoms with Gasteiger partial charge in [0.15, 0.2) is 0 Å². The molecular weight excluding hydrogens is 386 g/mol. The van der Waals surface area contributed by atoms with E-state index in [4.69, 9.17) is 6.42 Å². The lowest BCUT2D eigenvalue weighted by molar-refractivity contribution is -0.135. The maximum Gasteiger partial charge on any atom is 0.244 e. The number of carbonyl (C=O) groups excluding carboxylic acids is 1. The minimum absolute atomic E-state index is 0.0778. The molecule has 2 N–H and O–H groups in total. The monoisotopic (exact) mass is 417 g/mol. The number of likely N-dealkylation sites (tertiary alicyclic amines) is 1. The lowest BCUT2D eigenvalue weighted by atomic mass is 9.70. The summed E-state index contributed by atoms with van der Waals surface area (Å²) in [5.74, 6) is 2.76. The van der Waals surface area contributed by atoms with Crippen LogP contribution in [0.15, 0.2) is 12.2 Å². The highest BCUT2D eigenvalue weighted by atomic mass is 32.2. The van der Waals surface area contributed by atoms with Gasteiger partial charge in [-0.25, -0.2) is 0 Å². The van der Waals surface area contributed by atoms with Gasteiger partial charge in [-0.3, -0.25) is 9.00 Å². The molecule has 158 valence electrons. The number of rotatable bonds is 5. The van der Waals surface area contributed by atoms with Crippen LogP contribution in [-0.4, -0.2) is 54.6 Å². The second kappa shape index (κ2) is 6.18. The van der Waals surface area contributed by atoms with Crippen molar-refractivity contribution in [2.45, 2.75) is 63.0 Å². The Morgan fingerprint density at radius 1 is 1.31 bits per heavy atom. The molecule has 3 saturated carbocycles. The molecule has 1 heterocycles. The van der Waals surface area contributed by atoms with Crippen molar-refractivity contribution in [3.05, 3.63) is 12.2 Å². The van der Waals surface area contributed by atoms with Gasteiger partial charge in [-0.15, -0.1) is 12.3 Å². The van der Waals surface area contributed by atoms with Crippen molar-refractivity contribution in [1.82, 2.24) is 4.90 Å². The van der Waals surface area contributed by atoms with Crippen molar-refractivity contribution in [3.63, 3.8) is 0 Å². The van der Waals surface area contributed by atoms with Crippen LogP contribution in [0, 0.1) is 46.8 Å². The Hall–Kier alpha value is -1.16. The maximum atomic E-state index is 14.2. The molecule has 6 heteroatoms. The Kier molecular flexibility index (Phi) is 4.22. The molecule has 9 atom stereocenters. The zero-order chi connectivity index (χ0) is 20.8. The third-order valence-electron chi connectivity index (χ3n) is 9.51. The van der Waals surface area contributed by atoms with E-state index in [0.29, 0.717) is 24.6 Å². The molecule has 5 nitrogen and oxygen atoms in total. The molecule has 0 unspecified atom stereocenters. The molecule has 1 amide bonds. The molecule has 0 radical (unpaired) electrons. The van der Waals surface area contributed by atoms with Crippen LogP contribution in [0.5, 0.6) is 0 Å². The number of allylic oxidation sites excluding steroid dienone is 2. The van der Waals surface area contributed by atoms with E-state index in [1.54, 1.807) is 0 Å². The van der Waals surface area contributed by atoms with Gasteiger partial charge in [0.2, 0.25) is 5.91 Å². The Morgan fingerprint density at radius 2 is 2.07 bits per heavy atom. The van der Waals surface area contributed by atoms with E-state index >= 15 is 0 Å². The third-order valence-corrected chi connectivity index (χ3v) is 11.8. The van der Waals surface area contributed by atoms with Gasteiger partial charge in [0.05, 0.1) is 6.10 Å². The van der Waals surface area contributed by atoms with Crippen LogP contribution >= 0.6 is 0 Å².